The number of aliphatic hydroxyl groups is 1. The van der Waals surface area contributed by atoms with E-state index in [1.165, 1.54) is 0 Å². The van der Waals surface area contributed by atoms with Crippen LogP contribution in [0.2, 0.25) is 0 Å². The molecule has 1 amide bonds. The van der Waals surface area contributed by atoms with Gasteiger partial charge in [0.1, 0.15) is 11.4 Å². The zero-order valence-corrected chi connectivity index (χ0v) is 14.7. The van der Waals surface area contributed by atoms with Crippen molar-refractivity contribution in [3.8, 4) is 22.7 Å². The molecular weight excluding hydrogens is 330 g/mol. The zero-order chi connectivity index (χ0) is 18.5. The molecule has 3 rings (SSSR count). The van der Waals surface area contributed by atoms with E-state index in [4.69, 9.17) is 4.74 Å². The van der Waals surface area contributed by atoms with Crippen molar-refractivity contribution in [2.24, 2.45) is 0 Å². The van der Waals surface area contributed by atoms with E-state index in [-0.39, 0.29) is 18.6 Å². The SMILES string of the molecule is COc1ccc(-c2nn(-c3ccccc3)cc2C(=O)NC(C)CO)cc1. The summed E-state index contributed by atoms with van der Waals surface area (Å²) in [5.74, 6) is 0.454. The molecule has 0 spiro atoms. The molecule has 0 saturated carbocycles. The number of methoxy groups -OCH3 is 1. The van der Waals surface area contributed by atoms with E-state index >= 15 is 0 Å². The Morgan fingerprint density at radius 2 is 1.88 bits per heavy atom. The van der Waals surface area contributed by atoms with Crippen molar-refractivity contribution in [1.82, 2.24) is 15.1 Å². The summed E-state index contributed by atoms with van der Waals surface area (Å²) in [7, 11) is 1.61. The highest BCUT2D eigenvalue weighted by Gasteiger charge is 2.20. The van der Waals surface area contributed by atoms with Gasteiger partial charge in [0, 0.05) is 17.8 Å². The summed E-state index contributed by atoms with van der Waals surface area (Å²) < 4.78 is 6.87. The Hall–Kier alpha value is -3.12. The lowest BCUT2D eigenvalue weighted by Gasteiger charge is -2.10. The first-order valence-corrected chi connectivity index (χ1v) is 8.33. The molecule has 2 aromatic carbocycles. The van der Waals surface area contributed by atoms with Crippen LogP contribution >= 0.6 is 0 Å². The minimum atomic E-state index is -0.341. The molecule has 0 bridgehead atoms. The van der Waals surface area contributed by atoms with Crippen LogP contribution in [0.3, 0.4) is 0 Å². The van der Waals surface area contributed by atoms with E-state index in [0.29, 0.717) is 11.3 Å². The number of aliphatic hydroxyl groups excluding tert-OH is 1. The molecule has 0 aliphatic rings. The number of carbonyl (C=O) groups is 1. The minimum absolute atomic E-state index is 0.129. The highest BCUT2D eigenvalue weighted by molar-refractivity contribution is 6.00. The van der Waals surface area contributed by atoms with Gasteiger partial charge >= 0.3 is 0 Å². The lowest BCUT2D eigenvalue weighted by Crippen LogP contribution is -2.35. The summed E-state index contributed by atoms with van der Waals surface area (Å²) in [4.78, 5) is 12.7. The molecule has 0 aliphatic heterocycles. The Kier molecular flexibility index (Phi) is 5.34. The molecule has 1 aromatic heterocycles. The highest BCUT2D eigenvalue weighted by Crippen LogP contribution is 2.26. The van der Waals surface area contributed by atoms with E-state index in [2.05, 4.69) is 10.4 Å². The summed E-state index contributed by atoms with van der Waals surface area (Å²) in [6.45, 7) is 1.61. The van der Waals surface area contributed by atoms with Crippen molar-refractivity contribution in [3.05, 3.63) is 66.4 Å². The van der Waals surface area contributed by atoms with E-state index in [9.17, 15) is 9.90 Å². The Morgan fingerprint density at radius 1 is 1.19 bits per heavy atom. The van der Waals surface area contributed by atoms with Crippen molar-refractivity contribution in [2.45, 2.75) is 13.0 Å². The number of para-hydroxylation sites is 1. The highest BCUT2D eigenvalue weighted by atomic mass is 16.5. The first kappa shape index (κ1) is 17.7. The molecule has 6 nitrogen and oxygen atoms in total. The summed E-state index contributed by atoms with van der Waals surface area (Å²) in [5.41, 5.74) is 2.68. The third-order valence-electron chi connectivity index (χ3n) is 3.99. The van der Waals surface area contributed by atoms with Crippen molar-refractivity contribution < 1.29 is 14.6 Å². The van der Waals surface area contributed by atoms with Crippen LogP contribution < -0.4 is 10.1 Å². The second-order valence-corrected chi connectivity index (χ2v) is 5.96. The maximum absolute atomic E-state index is 12.7. The Balaban J connectivity index is 2.04. The average molecular weight is 351 g/mol. The molecule has 0 aliphatic carbocycles. The lowest BCUT2D eigenvalue weighted by atomic mass is 10.1. The van der Waals surface area contributed by atoms with Crippen molar-refractivity contribution in [2.75, 3.05) is 13.7 Å². The topological polar surface area (TPSA) is 76.4 Å². The lowest BCUT2D eigenvalue weighted by molar-refractivity contribution is 0.0923. The van der Waals surface area contributed by atoms with Gasteiger partial charge in [-0.1, -0.05) is 18.2 Å². The van der Waals surface area contributed by atoms with Crippen LogP contribution in [0.25, 0.3) is 16.9 Å². The third-order valence-corrected chi connectivity index (χ3v) is 3.99. The monoisotopic (exact) mass is 351 g/mol. The normalized spacial score (nSPS) is 11.8. The predicted molar refractivity (Wildman–Crippen MR) is 99.6 cm³/mol. The van der Waals surface area contributed by atoms with Crippen LogP contribution in [0.4, 0.5) is 0 Å². The van der Waals surface area contributed by atoms with Crippen molar-refractivity contribution in [3.63, 3.8) is 0 Å². The van der Waals surface area contributed by atoms with Gasteiger partial charge < -0.3 is 15.2 Å². The number of rotatable bonds is 6. The van der Waals surface area contributed by atoms with Gasteiger partial charge in [-0.25, -0.2) is 4.68 Å². The maximum Gasteiger partial charge on any atom is 0.255 e. The molecule has 1 heterocycles. The molecule has 1 unspecified atom stereocenters. The van der Waals surface area contributed by atoms with Gasteiger partial charge in [-0.3, -0.25) is 4.79 Å². The first-order chi connectivity index (χ1) is 12.6. The number of ether oxygens (including phenoxy) is 1. The number of carbonyl (C=O) groups excluding carboxylic acids is 1. The second kappa shape index (κ2) is 7.84. The molecule has 3 aromatic rings. The number of nitrogens with one attached hydrogen (secondary N) is 1. The smallest absolute Gasteiger partial charge is 0.255 e. The van der Waals surface area contributed by atoms with Gasteiger partial charge in [0.25, 0.3) is 5.91 Å². The second-order valence-electron chi connectivity index (χ2n) is 5.96. The molecule has 0 radical (unpaired) electrons. The van der Waals surface area contributed by atoms with Crippen LogP contribution in [-0.4, -0.2) is 40.6 Å². The average Bonchev–Trinajstić information content (AvgIpc) is 3.14. The summed E-state index contributed by atoms with van der Waals surface area (Å²) >= 11 is 0. The summed E-state index contributed by atoms with van der Waals surface area (Å²) in [6.07, 6.45) is 1.70. The van der Waals surface area contributed by atoms with Crippen molar-refractivity contribution in [1.29, 1.82) is 0 Å². The first-order valence-electron chi connectivity index (χ1n) is 8.33. The number of nitrogens with zero attached hydrogens (tertiary/aromatic N) is 2. The van der Waals surface area contributed by atoms with Gasteiger partial charge in [0.2, 0.25) is 0 Å². The minimum Gasteiger partial charge on any atom is -0.497 e. The number of hydrogen-bond donors (Lipinski definition) is 2. The Bertz CT molecular complexity index is 873. The molecule has 6 heteroatoms. The molecule has 2 N–H and O–H groups in total. The van der Waals surface area contributed by atoms with Crippen LogP contribution in [0.5, 0.6) is 5.75 Å². The quantitative estimate of drug-likeness (QED) is 0.716. The summed E-state index contributed by atoms with van der Waals surface area (Å²) in [6, 6.07) is 16.6. The Morgan fingerprint density at radius 3 is 2.50 bits per heavy atom. The standard InChI is InChI=1S/C20H21N3O3/c1-14(13-24)21-20(25)18-12-23(16-6-4-3-5-7-16)22-19(18)15-8-10-17(26-2)11-9-15/h3-12,14,24H,13H2,1-2H3,(H,21,25). The van der Waals surface area contributed by atoms with Crippen LogP contribution in [-0.2, 0) is 0 Å². The zero-order valence-electron chi connectivity index (χ0n) is 14.7. The number of hydrogen-bond acceptors (Lipinski definition) is 4. The summed E-state index contributed by atoms with van der Waals surface area (Å²) in [5, 5.41) is 16.6. The predicted octanol–water partition coefficient (Wildman–Crippen LogP) is 2.66. The Labute approximate surface area is 152 Å². The third kappa shape index (κ3) is 3.75. The molecule has 26 heavy (non-hydrogen) atoms. The van der Waals surface area contributed by atoms with Gasteiger partial charge in [-0.05, 0) is 43.3 Å². The van der Waals surface area contributed by atoms with Crippen molar-refractivity contribution >= 4 is 5.91 Å². The largest absolute Gasteiger partial charge is 0.497 e. The maximum atomic E-state index is 12.7. The van der Waals surface area contributed by atoms with Crippen LogP contribution in [0.1, 0.15) is 17.3 Å². The number of amides is 1. The van der Waals surface area contributed by atoms with Gasteiger partial charge in [-0.2, -0.15) is 5.10 Å². The van der Waals surface area contributed by atoms with E-state index < -0.39 is 0 Å². The van der Waals surface area contributed by atoms with Gasteiger partial charge in [0.15, 0.2) is 0 Å². The van der Waals surface area contributed by atoms with E-state index in [0.717, 1.165) is 17.0 Å². The molecule has 1 atom stereocenters. The fourth-order valence-electron chi connectivity index (χ4n) is 2.56. The fourth-order valence-corrected chi connectivity index (χ4v) is 2.56. The fraction of sp³-hybridized carbons (Fsp3) is 0.200. The molecule has 134 valence electrons. The number of aromatic nitrogens is 2. The number of benzene rings is 2. The van der Waals surface area contributed by atoms with Crippen LogP contribution in [0.15, 0.2) is 60.8 Å². The van der Waals surface area contributed by atoms with Gasteiger partial charge in [-0.15, -0.1) is 0 Å². The molecule has 0 saturated heterocycles. The van der Waals surface area contributed by atoms with E-state index in [1.807, 2.05) is 54.6 Å². The molecule has 0 fully saturated rings. The van der Waals surface area contributed by atoms with Crippen LogP contribution in [0, 0.1) is 0 Å². The van der Waals surface area contributed by atoms with E-state index in [1.54, 1.807) is 24.9 Å². The van der Waals surface area contributed by atoms with Gasteiger partial charge in [0.05, 0.1) is 25.0 Å². The molecular formula is C20H21N3O3.